The van der Waals surface area contributed by atoms with Crippen LogP contribution >= 0.6 is 11.8 Å². The maximum Gasteiger partial charge on any atom is 0.234 e. The summed E-state index contributed by atoms with van der Waals surface area (Å²) in [6, 6.07) is 17.5. The summed E-state index contributed by atoms with van der Waals surface area (Å²) in [6.07, 6.45) is 1.78. The molecule has 6 nitrogen and oxygen atoms in total. The maximum atomic E-state index is 12.2. The number of rotatable bonds is 9. The Balaban J connectivity index is 1.60. The van der Waals surface area contributed by atoms with E-state index in [0.717, 1.165) is 11.4 Å². The third kappa shape index (κ3) is 6.46. The Hall–Kier alpha value is -3.06. The fourth-order valence-electron chi connectivity index (χ4n) is 2.89. The molecule has 162 valence electrons. The monoisotopic (exact) mass is 436 g/mol. The molecule has 7 heteroatoms. The van der Waals surface area contributed by atoms with E-state index in [1.165, 1.54) is 17.3 Å². The van der Waals surface area contributed by atoms with E-state index in [-0.39, 0.29) is 23.7 Å². The first kappa shape index (κ1) is 22.6. The van der Waals surface area contributed by atoms with Crippen molar-refractivity contribution < 1.29 is 9.53 Å². The molecule has 1 N–H and O–H groups in total. The Bertz CT molecular complexity index is 1010. The smallest absolute Gasteiger partial charge is 0.234 e. The molecule has 1 amide bonds. The van der Waals surface area contributed by atoms with Gasteiger partial charge in [0.2, 0.25) is 5.91 Å². The quantitative estimate of drug-likeness (QED) is 0.375. The minimum absolute atomic E-state index is 0.0962. The second-order valence-corrected chi connectivity index (χ2v) is 9.01. The number of hydrogen-bond acceptors (Lipinski definition) is 5. The normalized spacial score (nSPS) is 11.2. The second-order valence-electron chi connectivity index (χ2n) is 8.06. The molecule has 2 aromatic carbocycles. The van der Waals surface area contributed by atoms with Gasteiger partial charge in [-0.1, -0.05) is 68.9 Å². The summed E-state index contributed by atoms with van der Waals surface area (Å²) in [5.74, 6) is 1.60. The van der Waals surface area contributed by atoms with Crippen molar-refractivity contribution in [1.82, 2.24) is 14.8 Å². The first-order valence-corrected chi connectivity index (χ1v) is 11.1. The third-order valence-corrected chi connectivity index (χ3v) is 5.55. The second kappa shape index (κ2) is 10.3. The number of thioether (sulfide) groups is 1. The molecule has 0 unspecified atom stereocenters. The van der Waals surface area contributed by atoms with E-state index >= 15 is 0 Å². The molecule has 3 aromatic rings. The van der Waals surface area contributed by atoms with E-state index in [4.69, 9.17) is 4.74 Å². The summed E-state index contributed by atoms with van der Waals surface area (Å²) >= 11 is 1.34. The highest BCUT2D eigenvalue weighted by Gasteiger charge is 2.15. The Morgan fingerprint density at radius 1 is 1.13 bits per heavy atom. The fourth-order valence-corrected chi connectivity index (χ4v) is 3.66. The van der Waals surface area contributed by atoms with E-state index in [1.807, 2.05) is 47.0 Å². The van der Waals surface area contributed by atoms with Gasteiger partial charge in [0.1, 0.15) is 12.4 Å². The van der Waals surface area contributed by atoms with E-state index in [0.29, 0.717) is 17.5 Å². The van der Waals surface area contributed by atoms with Crippen LogP contribution in [0.4, 0.5) is 5.69 Å². The number of nitrogens with one attached hydrogen (secondary N) is 1. The molecule has 0 aliphatic carbocycles. The molecule has 3 rings (SSSR count). The lowest BCUT2D eigenvalue weighted by molar-refractivity contribution is -0.113. The van der Waals surface area contributed by atoms with Gasteiger partial charge in [-0.25, -0.2) is 0 Å². The largest absolute Gasteiger partial charge is 0.486 e. The van der Waals surface area contributed by atoms with Crippen molar-refractivity contribution in [3.05, 3.63) is 78.6 Å². The summed E-state index contributed by atoms with van der Waals surface area (Å²) in [6.45, 7) is 11.2. The van der Waals surface area contributed by atoms with Gasteiger partial charge < -0.3 is 10.1 Å². The Labute approximate surface area is 187 Å². The molecule has 0 saturated heterocycles. The lowest BCUT2D eigenvalue weighted by atomic mass is 9.87. The number of carbonyl (C=O) groups excluding carboxylic acids is 1. The van der Waals surface area contributed by atoms with Gasteiger partial charge in [-0.05, 0) is 35.2 Å². The first-order valence-electron chi connectivity index (χ1n) is 10.1. The van der Waals surface area contributed by atoms with Crippen molar-refractivity contribution >= 4 is 23.4 Å². The van der Waals surface area contributed by atoms with Gasteiger partial charge in [-0.2, -0.15) is 0 Å². The minimum atomic E-state index is -0.0962. The summed E-state index contributed by atoms with van der Waals surface area (Å²) in [4.78, 5) is 12.2. The molecule has 0 saturated carbocycles. The highest BCUT2D eigenvalue weighted by Crippen LogP contribution is 2.25. The fraction of sp³-hybridized carbons (Fsp3) is 0.292. The average Bonchev–Trinajstić information content (AvgIpc) is 3.13. The highest BCUT2D eigenvalue weighted by atomic mass is 32.2. The Morgan fingerprint density at radius 2 is 1.84 bits per heavy atom. The van der Waals surface area contributed by atoms with E-state index < -0.39 is 0 Å². The number of benzene rings is 2. The maximum absolute atomic E-state index is 12.2. The molecule has 0 bridgehead atoms. The molecule has 0 aliphatic rings. The number of aromatic nitrogens is 3. The van der Waals surface area contributed by atoms with Crippen LogP contribution in [-0.2, 0) is 23.4 Å². The zero-order chi connectivity index (χ0) is 22.3. The third-order valence-electron chi connectivity index (χ3n) is 4.58. The van der Waals surface area contributed by atoms with Crippen LogP contribution in [0.15, 0.2) is 72.4 Å². The van der Waals surface area contributed by atoms with Crippen molar-refractivity contribution in [3.63, 3.8) is 0 Å². The zero-order valence-corrected chi connectivity index (χ0v) is 19.0. The SMILES string of the molecule is C=CCn1c(COc2ccc(C(C)(C)C)cc2)nnc1SCC(=O)Nc1ccccc1. The highest BCUT2D eigenvalue weighted by molar-refractivity contribution is 7.99. The van der Waals surface area contributed by atoms with Gasteiger partial charge in [-0.15, -0.1) is 16.8 Å². The minimum Gasteiger partial charge on any atom is -0.486 e. The van der Waals surface area contributed by atoms with Crippen molar-refractivity contribution in [1.29, 1.82) is 0 Å². The van der Waals surface area contributed by atoms with Gasteiger partial charge in [0.25, 0.3) is 0 Å². The van der Waals surface area contributed by atoms with Crippen LogP contribution in [0.25, 0.3) is 0 Å². The molecule has 0 fully saturated rings. The first-order chi connectivity index (χ1) is 14.9. The predicted molar refractivity (Wildman–Crippen MR) is 125 cm³/mol. The molecule has 0 radical (unpaired) electrons. The van der Waals surface area contributed by atoms with Crippen LogP contribution in [0, 0.1) is 0 Å². The van der Waals surface area contributed by atoms with Gasteiger partial charge in [0.15, 0.2) is 11.0 Å². The molecule has 0 atom stereocenters. The Morgan fingerprint density at radius 3 is 2.48 bits per heavy atom. The zero-order valence-electron chi connectivity index (χ0n) is 18.2. The standard InChI is InChI=1S/C24H28N4O2S/c1-5-15-28-21(16-30-20-13-11-18(12-14-20)24(2,3)4)26-27-23(28)31-17-22(29)25-19-9-7-6-8-10-19/h5-14H,1,15-17H2,2-4H3,(H,25,29). The summed E-state index contributed by atoms with van der Waals surface area (Å²) in [5.41, 5.74) is 2.12. The number of ether oxygens (including phenoxy) is 1. The molecule has 31 heavy (non-hydrogen) atoms. The van der Waals surface area contributed by atoms with Crippen LogP contribution in [0.2, 0.25) is 0 Å². The predicted octanol–water partition coefficient (Wildman–Crippen LogP) is 5.07. The summed E-state index contributed by atoms with van der Waals surface area (Å²) in [7, 11) is 0. The van der Waals surface area contributed by atoms with Gasteiger partial charge >= 0.3 is 0 Å². The van der Waals surface area contributed by atoms with E-state index in [1.54, 1.807) is 6.08 Å². The summed E-state index contributed by atoms with van der Waals surface area (Å²) < 4.78 is 7.83. The van der Waals surface area contributed by atoms with Crippen molar-refractivity contribution in [2.45, 2.75) is 44.5 Å². The van der Waals surface area contributed by atoms with Gasteiger partial charge in [0, 0.05) is 12.2 Å². The van der Waals surface area contributed by atoms with Crippen molar-refractivity contribution in [3.8, 4) is 5.75 Å². The van der Waals surface area contributed by atoms with Crippen LogP contribution in [0.1, 0.15) is 32.2 Å². The summed E-state index contributed by atoms with van der Waals surface area (Å²) in [5, 5.41) is 12.0. The van der Waals surface area contributed by atoms with E-state index in [2.05, 4.69) is 55.0 Å². The molecular weight excluding hydrogens is 408 g/mol. The molecule has 1 aromatic heterocycles. The number of hydrogen-bond donors (Lipinski definition) is 1. The topological polar surface area (TPSA) is 69.0 Å². The number of amides is 1. The van der Waals surface area contributed by atoms with Crippen LogP contribution in [-0.4, -0.2) is 26.4 Å². The molecule has 0 spiro atoms. The number of carbonyl (C=O) groups is 1. The number of para-hydroxylation sites is 1. The number of anilines is 1. The van der Waals surface area contributed by atoms with Crippen molar-refractivity contribution in [2.24, 2.45) is 0 Å². The van der Waals surface area contributed by atoms with Crippen LogP contribution in [0.5, 0.6) is 5.75 Å². The van der Waals surface area contributed by atoms with Gasteiger partial charge in [-0.3, -0.25) is 9.36 Å². The average molecular weight is 437 g/mol. The molecule has 1 heterocycles. The molecular formula is C24H28N4O2S. The van der Waals surface area contributed by atoms with Gasteiger partial charge in [0.05, 0.1) is 5.75 Å². The molecule has 0 aliphatic heterocycles. The number of allylic oxidation sites excluding steroid dienone is 1. The van der Waals surface area contributed by atoms with Crippen LogP contribution < -0.4 is 10.1 Å². The van der Waals surface area contributed by atoms with Crippen molar-refractivity contribution in [2.75, 3.05) is 11.1 Å². The number of nitrogens with zero attached hydrogens (tertiary/aromatic N) is 3. The van der Waals surface area contributed by atoms with E-state index in [9.17, 15) is 4.79 Å². The van der Waals surface area contributed by atoms with Crippen LogP contribution in [0.3, 0.4) is 0 Å². The Kier molecular flexibility index (Phi) is 7.52. The lowest BCUT2D eigenvalue weighted by Gasteiger charge is -2.19. The lowest BCUT2D eigenvalue weighted by Crippen LogP contribution is -2.15.